The van der Waals surface area contributed by atoms with E-state index in [-0.39, 0.29) is 88.7 Å². The maximum absolute atomic E-state index is 9.29. The minimum atomic E-state index is -5.43. The van der Waals surface area contributed by atoms with Crippen molar-refractivity contribution in [3.63, 3.8) is 0 Å². The van der Waals surface area contributed by atoms with Crippen LogP contribution in [-0.4, -0.2) is 43.5 Å². The number of rotatable bonds is 2. The van der Waals surface area contributed by atoms with Crippen LogP contribution in [0, 0.1) is 0 Å². The van der Waals surface area contributed by atoms with Crippen molar-refractivity contribution < 1.29 is 136 Å². The SMILES string of the molecule is O=S(=O)([O-])O.O=S(=O)([O-])OS(=O)(=O)[O-].[Na+].[Na+].[Na+]. The van der Waals surface area contributed by atoms with Crippen LogP contribution in [0.5, 0.6) is 0 Å². The Balaban J connectivity index is -0.0000000533. The summed E-state index contributed by atoms with van der Waals surface area (Å²) in [5.74, 6) is 0. The van der Waals surface area contributed by atoms with Gasteiger partial charge in [-0.25, -0.2) is 25.3 Å². The Morgan fingerprint density at radius 2 is 0.824 bits per heavy atom. The Morgan fingerprint density at radius 3 is 0.824 bits per heavy atom. The summed E-state index contributed by atoms with van der Waals surface area (Å²) in [6.45, 7) is 0. The summed E-state index contributed by atoms with van der Waals surface area (Å²) in [7, 11) is -15.8. The fourth-order valence-corrected chi connectivity index (χ4v) is 0.919. The quantitative estimate of drug-likeness (QED) is 0.283. The first kappa shape index (κ1) is 31.8. The Morgan fingerprint density at radius 1 is 0.706 bits per heavy atom. The first-order valence-electron chi connectivity index (χ1n) is 2.02. The van der Waals surface area contributed by atoms with E-state index in [2.05, 4.69) is 3.63 Å². The molecule has 0 saturated carbocycles. The monoisotopic (exact) mass is 342 g/mol. The fraction of sp³-hybridized carbons (Fsp3) is 0. The van der Waals surface area contributed by atoms with Gasteiger partial charge in [0.05, 0.1) is 0 Å². The molecule has 0 aliphatic carbocycles. The first-order valence-corrected chi connectivity index (χ1v) is 6.05. The average Bonchev–Trinajstić information content (AvgIpc) is 1.42. The fourth-order valence-electron chi connectivity index (χ4n) is 0.102. The molecule has 0 aromatic heterocycles. The number of hydrogen-bond acceptors (Lipinski definition) is 10. The van der Waals surface area contributed by atoms with Gasteiger partial charge in [-0.15, -0.1) is 0 Å². The van der Waals surface area contributed by atoms with Crippen LogP contribution in [0.4, 0.5) is 0 Å². The molecule has 0 amide bonds. The van der Waals surface area contributed by atoms with Gasteiger partial charge in [-0.3, -0.25) is 4.55 Å². The van der Waals surface area contributed by atoms with Crippen LogP contribution in [0.25, 0.3) is 0 Å². The molecule has 0 unspecified atom stereocenters. The minimum absolute atomic E-state index is 0. The summed E-state index contributed by atoms with van der Waals surface area (Å²) in [6.07, 6.45) is 0. The van der Waals surface area contributed by atoms with Gasteiger partial charge in [-0.2, -0.15) is 3.63 Å². The molecule has 0 radical (unpaired) electrons. The van der Waals surface area contributed by atoms with Gasteiger partial charge in [0.25, 0.3) is 0 Å². The van der Waals surface area contributed by atoms with Gasteiger partial charge in [0.15, 0.2) is 0 Å². The Labute approximate surface area is 164 Å². The van der Waals surface area contributed by atoms with E-state index in [1.165, 1.54) is 0 Å². The predicted octanol–water partition coefficient (Wildman–Crippen LogP) is -12.1. The van der Waals surface area contributed by atoms with Crippen molar-refractivity contribution in [2.75, 3.05) is 0 Å². The van der Waals surface area contributed by atoms with E-state index in [4.69, 9.17) is 17.5 Å². The van der Waals surface area contributed by atoms with Crippen LogP contribution in [0.2, 0.25) is 0 Å². The topological polar surface area (TPSA) is 201 Å². The first-order chi connectivity index (χ1) is 5.71. The summed E-state index contributed by atoms with van der Waals surface area (Å²) in [5, 5.41) is 0. The van der Waals surface area contributed by atoms with E-state index in [0.29, 0.717) is 0 Å². The van der Waals surface area contributed by atoms with E-state index in [9.17, 15) is 25.9 Å². The smallest absolute Gasteiger partial charge is 0.726 e. The molecule has 0 rings (SSSR count). The minimum Gasteiger partial charge on any atom is -0.726 e. The van der Waals surface area contributed by atoms with E-state index >= 15 is 0 Å². The second kappa shape index (κ2) is 12.4. The molecule has 0 atom stereocenters. The molecule has 88 valence electrons. The maximum atomic E-state index is 9.29. The summed E-state index contributed by atoms with van der Waals surface area (Å²) in [6, 6.07) is 0. The summed E-state index contributed by atoms with van der Waals surface area (Å²) < 4.78 is 91.0. The van der Waals surface area contributed by atoms with Gasteiger partial charge in [0, 0.05) is 0 Å². The third kappa shape index (κ3) is 69.1. The Kier molecular flexibility index (Phi) is 23.2. The zero-order valence-electron chi connectivity index (χ0n) is 8.75. The zero-order valence-corrected chi connectivity index (χ0v) is 17.2. The van der Waals surface area contributed by atoms with Gasteiger partial charge in [-0.1, -0.05) is 0 Å². The van der Waals surface area contributed by atoms with Gasteiger partial charge in [-0.05, 0) is 0 Å². The van der Waals surface area contributed by atoms with Crippen LogP contribution in [0.3, 0.4) is 0 Å². The van der Waals surface area contributed by atoms with Crippen molar-refractivity contribution in [3.05, 3.63) is 0 Å². The second-order valence-electron chi connectivity index (χ2n) is 1.31. The van der Waals surface area contributed by atoms with E-state index in [1.807, 2.05) is 0 Å². The molecule has 0 aliphatic rings. The van der Waals surface area contributed by atoms with Crippen LogP contribution >= 0.6 is 0 Å². The molecule has 17 heteroatoms. The van der Waals surface area contributed by atoms with Crippen molar-refractivity contribution in [2.45, 2.75) is 0 Å². The predicted molar refractivity (Wildman–Crippen MR) is 32.8 cm³/mol. The molecule has 0 spiro atoms. The summed E-state index contributed by atoms with van der Waals surface area (Å²) in [5.41, 5.74) is 0. The average molecular weight is 342 g/mol. The molecule has 0 aromatic rings. The molecule has 0 fully saturated rings. The molecule has 11 nitrogen and oxygen atoms in total. The summed E-state index contributed by atoms with van der Waals surface area (Å²) in [4.78, 5) is 0. The summed E-state index contributed by atoms with van der Waals surface area (Å²) >= 11 is 0. The Hall–Kier alpha value is 2.65. The molecule has 0 heterocycles. The Bertz CT molecular complexity index is 414. The normalized spacial score (nSPS) is 10.6. The van der Waals surface area contributed by atoms with Gasteiger partial charge >= 0.3 is 88.7 Å². The molecular weight excluding hydrogens is 341 g/mol. The van der Waals surface area contributed by atoms with Gasteiger partial charge in [0.1, 0.15) is 0 Å². The van der Waals surface area contributed by atoms with Crippen LogP contribution < -0.4 is 88.7 Å². The molecule has 0 bridgehead atoms. The van der Waals surface area contributed by atoms with Crippen molar-refractivity contribution in [1.82, 2.24) is 0 Å². The second-order valence-corrected chi connectivity index (χ2v) is 4.35. The maximum Gasteiger partial charge on any atom is 1.00 e. The number of hydrogen-bond donors (Lipinski definition) is 1. The van der Waals surface area contributed by atoms with E-state index in [1.54, 1.807) is 0 Å². The van der Waals surface area contributed by atoms with Crippen LogP contribution in [0.1, 0.15) is 0 Å². The molecule has 17 heavy (non-hydrogen) atoms. The van der Waals surface area contributed by atoms with Crippen molar-refractivity contribution in [2.24, 2.45) is 0 Å². The largest absolute Gasteiger partial charge is 1.00 e. The van der Waals surface area contributed by atoms with Crippen molar-refractivity contribution in [1.29, 1.82) is 0 Å². The molecular formula is HNa3O11S3. The molecule has 0 saturated heterocycles. The van der Waals surface area contributed by atoms with E-state index < -0.39 is 31.2 Å². The molecule has 0 aliphatic heterocycles. The van der Waals surface area contributed by atoms with Crippen molar-refractivity contribution in [3.8, 4) is 0 Å². The molecule has 1 N–H and O–H groups in total. The standard InChI is InChI=1S/3Na.H2O7S2.H2O4S/c;;;1-8(2,3)7-9(4,5)6;1-5(2,3)4/h;;;(H,1,2,3)(H,4,5,6);(H2,1,2,3,4)/q3*+1;;/p-3. The van der Waals surface area contributed by atoms with Crippen LogP contribution in [0.15, 0.2) is 0 Å². The van der Waals surface area contributed by atoms with Crippen LogP contribution in [-0.2, 0) is 34.8 Å². The molecule has 0 aromatic carbocycles. The van der Waals surface area contributed by atoms with Gasteiger partial charge in [0.2, 0.25) is 31.2 Å². The third-order valence-electron chi connectivity index (χ3n) is 0.167. The third-order valence-corrected chi connectivity index (χ3v) is 1.50. The van der Waals surface area contributed by atoms with E-state index in [0.717, 1.165) is 0 Å². The van der Waals surface area contributed by atoms with Gasteiger partial charge < -0.3 is 13.7 Å². The zero-order chi connectivity index (χ0) is 12.2. The van der Waals surface area contributed by atoms with Crippen molar-refractivity contribution >= 4 is 31.2 Å².